The smallest absolute Gasteiger partial charge is 0.387 e. The molecule has 5 nitrogen and oxygen atoms in total. The Kier molecular flexibility index (Phi) is 5.65. The number of fused-ring (bicyclic) bond motifs is 1. The number of thiophene rings is 1. The summed E-state index contributed by atoms with van der Waals surface area (Å²) in [4.78, 5) is 22.8. The predicted molar refractivity (Wildman–Crippen MR) is 101 cm³/mol. The van der Waals surface area contributed by atoms with Crippen molar-refractivity contribution in [2.75, 3.05) is 6.54 Å². The molecule has 8 heteroatoms. The number of ether oxygens (including phenoxy) is 1. The lowest BCUT2D eigenvalue weighted by atomic mass is 10.1. The highest BCUT2D eigenvalue weighted by Gasteiger charge is 2.18. The first-order valence-electron chi connectivity index (χ1n) is 8.41. The lowest BCUT2D eigenvalue weighted by molar-refractivity contribution is -0.0498. The molecule has 0 atom stereocenters. The fourth-order valence-electron chi connectivity index (χ4n) is 2.93. The van der Waals surface area contributed by atoms with Crippen LogP contribution in [0.1, 0.15) is 32.3 Å². The van der Waals surface area contributed by atoms with Gasteiger partial charge in [-0.05, 0) is 50.5 Å². The number of halogens is 2. The SMILES string of the molecule is Cc1nc(C)c2c(C)c(C(=O)NCCc3ccc(OC(F)F)cc3)sc2n1. The Hall–Kier alpha value is -2.61. The zero-order chi connectivity index (χ0) is 19.6. The van der Waals surface area contributed by atoms with Gasteiger partial charge in [-0.3, -0.25) is 4.79 Å². The molecule has 1 amide bonds. The molecule has 1 N–H and O–H groups in total. The van der Waals surface area contributed by atoms with Crippen molar-refractivity contribution in [1.29, 1.82) is 0 Å². The van der Waals surface area contributed by atoms with Crippen molar-refractivity contribution in [2.24, 2.45) is 0 Å². The lowest BCUT2D eigenvalue weighted by Crippen LogP contribution is -2.25. The number of hydrogen-bond acceptors (Lipinski definition) is 5. The van der Waals surface area contributed by atoms with Crippen LogP contribution in [0.2, 0.25) is 0 Å². The van der Waals surface area contributed by atoms with E-state index in [-0.39, 0.29) is 11.7 Å². The normalized spacial score (nSPS) is 11.2. The van der Waals surface area contributed by atoms with Gasteiger partial charge in [-0.25, -0.2) is 9.97 Å². The molecule has 27 heavy (non-hydrogen) atoms. The summed E-state index contributed by atoms with van der Waals surface area (Å²) in [6.45, 7) is 3.25. The molecule has 3 rings (SSSR count). The van der Waals surface area contributed by atoms with Crippen LogP contribution in [0.5, 0.6) is 5.75 Å². The predicted octanol–water partition coefficient (Wildman–Crippen LogP) is 4.19. The summed E-state index contributed by atoms with van der Waals surface area (Å²) < 4.78 is 28.6. The molecule has 1 aromatic carbocycles. The van der Waals surface area contributed by atoms with Gasteiger partial charge >= 0.3 is 6.61 Å². The van der Waals surface area contributed by atoms with E-state index >= 15 is 0 Å². The largest absolute Gasteiger partial charge is 0.435 e. The molecule has 0 radical (unpaired) electrons. The van der Waals surface area contributed by atoms with E-state index in [1.807, 2.05) is 20.8 Å². The minimum Gasteiger partial charge on any atom is -0.435 e. The van der Waals surface area contributed by atoms with Crippen LogP contribution in [0, 0.1) is 20.8 Å². The lowest BCUT2D eigenvalue weighted by Gasteiger charge is -2.07. The first-order valence-corrected chi connectivity index (χ1v) is 9.23. The zero-order valence-electron chi connectivity index (χ0n) is 15.2. The highest BCUT2D eigenvalue weighted by Crippen LogP contribution is 2.31. The van der Waals surface area contributed by atoms with Crippen LogP contribution < -0.4 is 10.1 Å². The standard InChI is InChI=1S/C19H19F2N3O2S/c1-10-15-11(2)23-12(3)24-18(15)27-16(10)17(25)22-9-8-13-4-6-14(7-5-13)26-19(20)21/h4-7,19H,8-9H2,1-3H3,(H,22,25). The number of aryl methyl sites for hydroxylation is 3. The number of amides is 1. The van der Waals surface area contributed by atoms with Crippen molar-refractivity contribution in [1.82, 2.24) is 15.3 Å². The number of nitrogens with one attached hydrogen (secondary N) is 1. The fraction of sp³-hybridized carbons (Fsp3) is 0.316. The summed E-state index contributed by atoms with van der Waals surface area (Å²) in [5.74, 6) is 0.656. The molecule has 0 aliphatic heterocycles. The maximum Gasteiger partial charge on any atom is 0.387 e. The maximum atomic E-state index is 12.5. The molecule has 3 aromatic rings. The molecule has 0 aliphatic carbocycles. The Morgan fingerprint density at radius 2 is 1.89 bits per heavy atom. The van der Waals surface area contributed by atoms with Gasteiger partial charge in [-0.15, -0.1) is 11.3 Å². The Morgan fingerprint density at radius 1 is 1.19 bits per heavy atom. The fourth-order valence-corrected chi connectivity index (χ4v) is 4.12. The van der Waals surface area contributed by atoms with Crippen LogP contribution in [0.25, 0.3) is 10.2 Å². The van der Waals surface area contributed by atoms with E-state index in [2.05, 4.69) is 20.0 Å². The van der Waals surface area contributed by atoms with Gasteiger partial charge in [0, 0.05) is 17.6 Å². The van der Waals surface area contributed by atoms with Gasteiger partial charge in [0.1, 0.15) is 16.4 Å². The van der Waals surface area contributed by atoms with Crippen molar-refractivity contribution in [3.8, 4) is 5.75 Å². The Labute approximate surface area is 159 Å². The van der Waals surface area contributed by atoms with Crippen LogP contribution in [-0.2, 0) is 6.42 Å². The van der Waals surface area contributed by atoms with E-state index in [1.165, 1.54) is 23.5 Å². The van der Waals surface area contributed by atoms with Crippen LogP contribution >= 0.6 is 11.3 Å². The summed E-state index contributed by atoms with van der Waals surface area (Å²) >= 11 is 1.36. The molecule has 2 aromatic heterocycles. The van der Waals surface area contributed by atoms with Gasteiger partial charge in [-0.2, -0.15) is 8.78 Å². The van der Waals surface area contributed by atoms with E-state index in [0.29, 0.717) is 23.7 Å². The monoisotopic (exact) mass is 391 g/mol. The van der Waals surface area contributed by atoms with Gasteiger partial charge in [0.25, 0.3) is 5.91 Å². The quantitative estimate of drug-likeness (QED) is 0.684. The van der Waals surface area contributed by atoms with Crippen molar-refractivity contribution >= 4 is 27.5 Å². The average molecular weight is 391 g/mol. The van der Waals surface area contributed by atoms with E-state index < -0.39 is 6.61 Å². The van der Waals surface area contributed by atoms with Crippen LogP contribution in [0.3, 0.4) is 0 Å². The minimum atomic E-state index is -2.84. The van der Waals surface area contributed by atoms with Gasteiger partial charge < -0.3 is 10.1 Å². The van der Waals surface area contributed by atoms with E-state index in [0.717, 1.165) is 27.0 Å². The molecular weight excluding hydrogens is 372 g/mol. The number of benzene rings is 1. The van der Waals surface area contributed by atoms with Crippen molar-refractivity contribution in [2.45, 2.75) is 33.8 Å². The minimum absolute atomic E-state index is 0.116. The second kappa shape index (κ2) is 7.96. The molecule has 0 aliphatic rings. The Balaban J connectivity index is 1.64. The van der Waals surface area contributed by atoms with Crippen molar-refractivity contribution < 1.29 is 18.3 Å². The molecular formula is C19H19F2N3O2S. The molecule has 0 unspecified atom stereocenters. The average Bonchev–Trinajstić information content (AvgIpc) is 2.92. The third-order valence-electron chi connectivity index (χ3n) is 4.14. The van der Waals surface area contributed by atoms with Crippen LogP contribution in [0.15, 0.2) is 24.3 Å². The summed E-state index contributed by atoms with van der Waals surface area (Å²) in [5, 5.41) is 3.84. The molecule has 0 bridgehead atoms. The van der Waals surface area contributed by atoms with Gasteiger partial charge in [-0.1, -0.05) is 12.1 Å². The number of carbonyl (C=O) groups excluding carboxylic acids is 1. The van der Waals surface area contributed by atoms with Gasteiger partial charge in [0.15, 0.2) is 0 Å². The van der Waals surface area contributed by atoms with Crippen molar-refractivity contribution in [3.05, 3.63) is 51.8 Å². The Bertz CT molecular complexity index is 971. The zero-order valence-corrected chi connectivity index (χ0v) is 16.0. The third kappa shape index (κ3) is 4.39. The van der Waals surface area contributed by atoms with Gasteiger partial charge in [0.2, 0.25) is 0 Å². The van der Waals surface area contributed by atoms with Crippen LogP contribution in [0.4, 0.5) is 8.78 Å². The third-order valence-corrected chi connectivity index (χ3v) is 5.32. The van der Waals surface area contributed by atoms with E-state index in [4.69, 9.17) is 0 Å². The molecule has 0 saturated carbocycles. The Morgan fingerprint density at radius 3 is 2.56 bits per heavy atom. The molecule has 0 saturated heterocycles. The first kappa shape index (κ1) is 19.2. The first-order chi connectivity index (χ1) is 12.8. The van der Waals surface area contributed by atoms with E-state index in [9.17, 15) is 13.6 Å². The molecule has 0 fully saturated rings. The molecule has 142 valence electrons. The summed E-state index contributed by atoms with van der Waals surface area (Å²) in [5.41, 5.74) is 2.68. The second-order valence-electron chi connectivity index (χ2n) is 6.12. The number of nitrogens with zero attached hydrogens (tertiary/aromatic N) is 2. The molecule has 2 heterocycles. The topological polar surface area (TPSA) is 64.1 Å². The number of aromatic nitrogens is 2. The van der Waals surface area contributed by atoms with Crippen LogP contribution in [-0.4, -0.2) is 29.0 Å². The van der Waals surface area contributed by atoms with Crippen molar-refractivity contribution in [3.63, 3.8) is 0 Å². The second-order valence-corrected chi connectivity index (χ2v) is 7.12. The van der Waals surface area contributed by atoms with E-state index in [1.54, 1.807) is 12.1 Å². The summed E-state index contributed by atoms with van der Waals surface area (Å²) in [6, 6.07) is 6.39. The highest BCUT2D eigenvalue weighted by atomic mass is 32.1. The summed E-state index contributed by atoms with van der Waals surface area (Å²) in [7, 11) is 0. The number of alkyl halides is 2. The number of rotatable bonds is 6. The number of hydrogen-bond donors (Lipinski definition) is 1. The summed E-state index contributed by atoms with van der Waals surface area (Å²) in [6.07, 6.45) is 0.586. The maximum absolute atomic E-state index is 12.5. The molecule has 0 spiro atoms. The van der Waals surface area contributed by atoms with Gasteiger partial charge in [0.05, 0.1) is 4.88 Å². The number of carbonyl (C=O) groups is 1. The highest BCUT2D eigenvalue weighted by molar-refractivity contribution is 7.20.